The van der Waals surface area contributed by atoms with E-state index in [0.717, 1.165) is 0 Å². The van der Waals surface area contributed by atoms with Gasteiger partial charge in [0, 0.05) is 37.9 Å². The molecule has 3 rings (SSSR count). The van der Waals surface area contributed by atoms with Crippen LogP contribution in [0, 0.1) is 19.8 Å². The summed E-state index contributed by atoms with van der Waals surface area (Å²) in [6.45, 7) is 5.54. The van der Waals surface area contributed by atoms with E-state index in [0.29, 0.717) is 35.6 Å². The summed E-state index contributed by atoms with van der Waals surface area (Å²) < 4.78 is 54.7. The van der Waals surface area contributed by atoms with Crippen LogP contribution in [0.5, 0.6) is 0 Å². The highest BCUT2D eigenvalue weighted by atomic mass is 32.2. The summed E-state index contributed by atoms with van der Waals surface area (Å²) in [7, 11) is -5.33. The minimum Gasteiger partial charge on any atom is -0.337 e. The van der Waals surface area contributed by atoms with Crippen LogP contribution in [-0.2, 0) is 31.9 Å². The number of nitrogens with one attached hydrogen (secondary N) is 2. The van der Waals surface area contributed by atoms with Crippen molar-refractivity contribution < 1.29 is 21.6 Å². The predicted molar refractivity (Wildman–Crippen MR) is 122 cm³/mol. The first-order valence-corrected chi connectivity index (χ1v) is 13.4. The Morgan fingerprint density at radius 2 is 1.81 bits per heavy atom. The van der Waals surface area contributed by atoms with Gasteiger partial charge in [-0.1, -0.05) is 0 Å². The number of anilines is 2. The molecular weight excluding hydrogens is 454 g/mol. The van der Waals surface area contributed by atoms with Crippen molar-refractivity contribution in [3.05, 3.63) is 35.8 Å². The molecule has 0 aliphatic carbocycles. The summed E-state index contributed by atoms with van der Waals surface area (Å²) in [5, 5.41) is 2.88. The zero-order chi connectivity index (χ0) is 23.7. The summed E-state index contributed by atoms with van der Waals surface area (Å²) in [4.78, 5) is 16.8. The molecule has 0 atom stereocenters. The lowest BCUT2D eigenvalue weighted by atomic mass is 9.97. The van der Waals surface area contributed by atoms with Crippen LogP contribution in [0.4, 0.5) is 11.4 Å². The summed E-state index contributed by atoms with van der Waals surface area (Å²) in [6, 6.07) is 4.96. The fraction of sp³-hybridized carbons (Fsp3) is 0.500. The van der Waals surface area contributed by atoms with Gasteiger partial charge in [-0.05, 0) is 57.4 Å². The van der Waals surface area contributed by atoms with Crippen molar-refractivity contribution in [2.75, 3.05) is 28.9 Å². The van der Waals surface area contributed by atoms with E-state index in [-0.39, 0.29) is 35.7 Å². The average molecular weight is 484 g/mol. The normalized spacial score (nSPS) is 16.1. The van der Waals surface area contributed by atoms with Gasteiger partial charge >= 0.3 is 0 Å². The van der Waals surface area contributed by atoms with Gasteiger partial charge in [-0.3, -0.25) is 9.52 Å². The number of imidazole rings is 1. The second-order valence-corrected chi connectivity index (χ2v) is 11.8. The van der Waals surface area contributed by atoms with E-state index in [1.54, 1.807) is 50.6 Å². The molecule has 1 fully saturated rings. The van der Waals surface area contributed by atoms with E-state index in [2.05, 4.69) is 15.0 Å². The number of hydrogen-bond acceptors (Lipinski definition) is 6. The molecule has 1 saturated heterocycles. The topological polar surface area (TPSA) is 130 Å². The van der Waals surface area contributed by atoms with Crippen molar-refractivity contribution in [3.63, 3.8) is 0 Å². The van der Waals surface area contributed by atoms with E-state index in [1.165, 1.54) is 10.5 Å². The molecule has 0 spiro atoms. The first kappa shape index (κ1) is 24.2. The Bertz CT molecular complexity index is 1190. The van der Waals surface area contributed by atoms with Gasteiger partial charge in [-0.15, -0.1) is 0 Å². The Kier molecular flexibility index (Phi) is 6.96. The minimum atomic E-state index is -3.69. The lowest BCUT2D eigenvalue weighted by molar-refractivity contribution is -0.120. The molecule has 10 nitrogen and oxygen atoms in total. The number of carbonyl (C=O) groups is 1. The monoisotopic (exact) mass is 483 g/mol. The van der Waals surface area contributed by atoms with Crippen molar-refractivity contribution in [2.24, 2.45) is 13.0 Å². The van der Waals surface area contributed by atoms with Crippen LogP contribution in [0.1, 0.15) is 31.2 Å². The van der Waals surface area contributed by atoms with Gasteiger partial charge in [0.2, 0.25) is 15.9 Å². The van der Waals surface area contributed by atoms with Gasteiger partial charge in [-0.2, -0.15) is 4.31 Å². The fourth-order valence-electron chi connectivity index (χ4n) is 3.48. The van der Waals surface area contributed by atoms with Gasteiger partial charge < -0.3 is 9.88 Å². The zero-order valence-electron chi connectivity index (χ0n) is 18.6. The second kappa shape index (κ2) is 9.20. The molecule has 2 aromatic rings. The van der Waals surface area contributed by atoms with E-state index < -0.39 is 20.0 Å². The Labute approximate surface area is 189 Å². The average Bonchev–Trinajstić information content (AvgIpc) is 3.09. The fourth-order valence-corrected chi connectivity index (χ4v) is 5.68. The van der Waals surface area contributed by atoms with Crippen LogP contribution in [0.2, 0.25) is 0 Å². The summed E-state index contributed by atoms with van der Waals surface area (Å²) >= 11 is 0. The third-order valence-corrected chi connectivity index (χ3v) is 8.72. The first-order chi connectivity index (χ1) is 14.9. The largest absolute Gasteiger partial charge is 0.337 e. The molecule has 0 saturated carbocycles. The zero-order valence-corrected chi connectivity index (χ0v) is 20.3. The van der Waals surface area contributed by atoms with Crippen LogP contribution in [-0.4, -0.2) is 55.4 Å². The number of aromatic nitrogens is 2. The number of rotatable bonds is 7. The third kappa shape index (κ3) is 5.30. The van der Waals surface area contributed by atoms with E-state index in [9.17, 15) is 21.6 Å². The van der Waals surface area contributed by atoms with Gasteiger partial charge in [0.15, 0.2) is 5.03 Å². The molecule has 1 aromatic carbocycles. The second-order valence-electron chi connectivity index (χ2n) is 7.94. The number of hydrogen-bond donors (Lipinski definition) is 2. The molecule has 0 bridgehead atoms. The van der Waals surface area contributed by atoms with Crippen molar-refractivity contribution in [1.82, 2.24) is 13.9 Å². The Morgan fingerprint density at radius 1 is 1.16 bits per heavy atom. The quantitative estimate of drug-likeness (QED) is 0.618. The van der Waals surface area contributed by atoms with Crippen molar-refractivity contribution in [2.45, 2.75) is 38.6 Å². The number of amides is 1. The maximum Gasteiger partial charge on any atom is 0.262 e. The SMILES string of the molecule is CCS(=O)(=O)Nc1ccc(NC(=O)C2CCN(S(=O)(=O)c3cn(C)c(C)n3)CC2)cc1C. The molecule has 176 valence electrons. The van der Waals surface area contributed by atoms with E-state index >= 15 is 0 Å². The maximum absolute atomic E-state index is 12.8. The van der Waals surface area contributed by atoms with E-state index in [4.69, 9.17) is 0 Å². The number of nitrogens with zero attached hydrogens (tertiary/aromatic N) is 3. The van der Waals surface area contributed by atoms with Gasteiger partial charge in [0.25, 0.3) is 10.0 Å². The highest BCUT2D eigenvalue weighted by Crippen LogP contribution is 2.26. The Balaban J connectivity index is 1.60. The van der Waals surface area contributed by atoms with Crippen molar-refractivity contribution in [3.8, 4) is 0 Å². The van der Waals surface area contributed by atoms with Gasteiger partial charge in [0.05, 0.1) is 11.4 Å². The maximum atomic E-state index is 12.8. The summed E-state index contributed by atoms with van der Waals surface area (Å²) in [5.41, 5.74) is 1.71. The molecule has 2 N–H and O–H groups in total. The van der Waals surface area contributed by atoms with Crippen LogP contribution >= 0.6 is 0 Å². The molecular formula is C20H29N5O5S2. The minimum absolute atomic E-state index is 0.0228. The summed E-state index contributed by atoms with van der Waals surface area (Å²) in [6.07, 6.45) is 2.31. The number of aryl methyl sites for hydroxylation is 3. The van der Waals surface area contributed by atoms with Crippen molar-refractivity contribution in [1.29, 1.82) is 0 Å². The number of benzene rings is 1. The lowest BCUT2D eigenvalue weighted by Gasteiger charge is -2.30. The standard InChI is InChI=1S/C20H29N5O5S2/c1-5-31(27,28)23-18-7-6-17(12-14(18)2)22-20(26)16-8-10-25(11-9-16)32(29,30)19-13-24(4)15(3)21-19/h6-7,12-13,16,23H,5,8-11H2,1-4H3,(H,22,26). The predicted octanol–water partition coefficient (Wildman–Crippen LogP) is 1.84. The van der Waals surface area contributed by atoms with Crippen molar-refractivity contribution >= 4 is 37.3 Å². The van der Waals surface area contributed by atoms with Crippen LogP contribution in [0.15, 0.2) is 29.4 Å². The van der Waals surface area contributed by atoms with Crippen LogP contribution < -0.4 is 10.0 Å². The molecule has 32 heavy (non-hydrogen) atoms. The lowest BCUT2D eigenvalue weighted by Crippen LogP contribution is -2.41. The molecule has 2 heterocycles. The summed E-state index contributed by atoms with van der Waals surface area (Å²) in [5.74, 6) is 0.0865. The van der Waals surface area contributed by atoms with Crippen LogP contribution in [0.25, 0.3) is 0 Å². The first-order valence-electron chi connectivity index (χ1n) is 10.3. The molecule has 1 amide bonds. The smallest absolute Gasteiger partial charge is 0.262 e. The Hall–Kier alpha value is -2.44. The number of sulfonamides is 2. The molecule has 1 aromatic heterocycles. The van der Waals surface area contributed by atoms with Gasteiger partial charge in [-0.25, -0.2) is 21.8 Å². The molecule has 0 radical (unpaired) electrons. The highest BCUT2D eigenvalue weighted by Gasteiger charge is 2.33. The molecule has 0 unspecified atom stereocenters. The van der Waals surface area contributed by atoms with E-state index in [1.807, 2.05) is 0 Å². The van der Waals surface area contributed by atoms with Crippen LogP contribution in [0.3, 0.4) is 0 Å². The highest BCUT2D eigenvalue weighted by molar-refractivity contribution is 7.92. The number of carbonyl (C=O) groups excluding carboxylic acids is 1. The van der Waals surface area contributed by atoms with Gasteiger partial charge in [0.1, 0.15) is 5.82 Å². The number of piperidine rings is 1. The third-order valence-electron chi connectivity index (χ3n) is 5.65. The Morgan fingerprint density at radius 3 is 2.34 bits per heavy atom. The molecule has 1 aliphatic heterocycles. The molecule has 1 aliphatic rings. The molecule has 12 heteroatoms.